The van der Waals surface area contributed by atoms with Gasteiger partial charge in [-0.2, -0.15) is 5.26 Å². The lowest BCUT2D eigenvalue weighted by Gasteiger charge is -2.37. The third-order valence-electron chi connectivity index (χ3n) is 4.09. The second-order valence-electron chi connectivity index (χ2n) is 6.41. The molecular weight excluding hydrogens is 246 g/mol. The predicted molar refractivity (Wildman–Crippen MR) is 83.8 cm³/mol. The first-order chi connectivity index (χ1) is 9.50. The quantitative estimate of drug-likeness (QED) is 0.843. The van der Waals surface area contributed by atoms with Gasteiger partial charge in [0.05, 0.1) is 11.5 Å². The summed E-state index contributed by atoms with van der Waals surface area (Å²) in [7, 11) is 0. The molecule has 0 atom stereocenters. The lowest BCUT2D eigenvalue weighted by atomic mass is 9.91. The highest BCUT2D eigenvalue weighted by molar-refractivity contribution is 5.48. The van der Waals surface area contributed by atoms with Crippen LogP contribution in [0.5, 0.6) is 0 Å². The average Bonchev–Trinajstić information content (AvgIpc) is 2.46. The van der Waals surface area contributed by atoms with Gasteiger partial charge < -0.3 is 4.90 Å². The molecule has 0 radical (unpaired) electrons. The van der Waals surface area contributed by atoms with Gasteiger partial charge in [-0.15, -0.1) is 0 Å². The molecule has 0 aromatic heterocycles. The molecule has 2 rings (SSSR count). The minimum atomic E-state index is -0.201. The van der Waals surface area contributed by atoms with Crippen molar-refractivity contribution in [3.63, 3.8) is 0 Å². The molecule has 1 aromatic carbocycles. The van der Waals surface area contributed by atoms with Gasteiger partial charge in [0.25, 0.3) is 0 Å². The lowest BCUT2D eigenvalue weighted by Crippen LogP contribution is -2.47. The maximum Gasteiger partial charge on any atom is 0.0684 e. The summed E-state index contributed by atoms with van der Waals surface area (Å²) in [5.41, 5.74) is 2.45. The second-order valence-corrected chi connectivity index (χ2v) is 6.41. The Kier molecular flexibility index (Phi) is 4.67. The molecule has 1 heterocycles. The molecule has 1 aromatic rings. The van der Waals surface area contributed by atoms with E-state index in [1.165, 1.54) is 11.3 Å². The van der Waals surface area contributed by atoms with Gasteiger partial charge in [-0.3, -0.25) is 4.90 Å². The second kappa shape index (κ2) is 6.28. The first kappa shape index (κ1) is 14.9. The van der Waals surface area contributed by atoms with Crippen LogP contribution < -0.4 is 4.90 Å². The standard InChI is InChI=1S/C17H25N3/c1-15-5-4-6-16(13-15)20-11-9-19(10-12-20)8-7-17(2,3)14-18/h4-6,13H,7-12H2,1-3H3. The van der Waals surface area contributed by atoms with E-state index in [-0.39, 0.29) is 5.41 Å². The number of anilines is 1. The molecule has 0 saturated carbocycles. The van der Waals surface area contributed by atoms with Crippen LogP contribution in [-0.4, -0.2) is 37.6 Å². The molecule has 3 nitrogen and oxygen atoms in total. The Morgan fingerprint density at radius 3 is 2.50 bits per heavy atom. The Labute approximate surface area is 122 Å². The average molecular weight is 271 g/mol. The third kappa shape index (κ3) is 3.98. The van der Waals surface area contributed by atoms with Crippen LogP contribution in [0.3, 0.4) is 0 Å². The van der Waals surface area contributed by atoms with Crippen LogP contribution in [0.2, 0.25) is 0 Å². The van der Waals surface area contributed by atoms with Crippen molar-refractivity contribution in [2.24, 2.45) is 5.41 Å². The fourth-order valence-electron chi connectivity index (χ4n) is 2.55. The van der Waals surface area contributed by atoms with E-state index in [2.05, 4.69) is 47.1 Å². The Hall–Kier alpha value is -1.53. The van der Waals surface area contributed by atoms with Crippen LogP contribution in [0.1, 0.15) is 25.8 Å². The fourth-order valence-corrected chi connectivity index (χ4v) is 2.55. The first-order valence-electron chi connectivity index (χ1n) is 7.45. The summed E-state index contributed by atoms with van der Waals surface area (Å²) in [6.45, 7) is 11.6. The van der Waals surface area contributed by atoms with Crippen molar-refractivity contribution >= 4 is 5.69 Å². The zero-order chi connectivity index (χ0) is 14.6. The minimum Gasteiger partial charge on any atom is -0.369 e. The maximum atomic E-state index is 9.06. The molecule has 108 valence electrons. The van der Waals surface area contributed by atoms with Gasteiger partial charge in [0.1, 0.15) is 0 Å². The summed E-state index contributed by atoms with van der Waals surface area (Å²) in [6, 6.07) is 11.1. The predicted octanol–water partition coefficient (Wildman–Crippen LogP) is 3.06. The number of benzene rings is 1. The molecule has 1 fully saturated rings. The van der Waals surface area contributed by atoms with E-state index in [0.717, 1.165) is 39.1 Å². The Balaban J connectivity index is 1.82. The van der Waals surface area contributed by atoms with Crippen molar-refractivity contribution in [1.29, 1.82) is 5.26 Å². The van der Waals surface area contributed by atoms with Crippen molar-refractivity contribution in [3.8, 4) is 6.07 Å². The van der Waals surface area contributed by atoms with Crippen molar-refractivity contribution in [2.45, 2.75) is 27.2 Å². The van der Waals surface area contributed by atoms with E-state index in [1.54, 1.807) is 0 Å². The minimum absolute atomic E-state index is 0.201. The zero-order valence-electron chi connectivity index (χ0n) is 12.9. The third-order valence-corrected chi connectivity index (χ3v) is 4.09. The maximum absolute atomic E-state index is 9.06. The van der Waals surface area contributed by atoms with Gasteiger partial charge in [0.2, 0.25) is 0 Å². The monoisotopic (exact) mass is 271 g/mol. The van der Waals surface area contributed by atoms with E-state index < -0.39 is 0 Å². The summed E-state index contributed by atoms with van der Waals surface area (Å²) >= 11 is 0. The number of rotatable bonds is 4. The van der Waals surface area contributed by atoms with Crippen molar-refractivity contribution < 1.29 is 0 Å². The van der Waals surface area contributed by atoms with Gasteiger partial charge in [0, 0.05) is 31.9 Å². The van der Waals surface area contributed by atoms with Crippen molar-refractivity contribution in [1.82, 2.24) is 4.90 Å². The lowest BCUT2D eigenvalue weighted by molar-refractivity contribution is 0.230. The van der Waals surface area contributed by atoms with E-state index >= 15 is 0 Å². The number of hydrogen-bond acceptors (Lipinski definition) is 3. The molecule has 3 heteroatoms. The highest BCUT2D eigenvalue weighted by Gasteiger charge is 2.21. The van der Waals surface area contributed by atoms with E-state index in [4.69, 9.17) is 5.26 Å². The largest absolute Gasteiger partial charge is 0.369 e. The first-order valence-corrected chi connectivity index (χ1v) is 7.45. The van der Waals surface area contributed by atoms with E-state index in [9.17, 15) is 0 Å². The molecule has 0 unspecified atom stereocenters. The van der Waals surface area contributed by atoms with Crippen LogP contribution in [0.4, 0.5) is 5.69 Å². The molecule has 20 heavy (non-hydrogen) atoms. The number of aryl methyl sites for hydroxylation is 1. The zero-order valence-corrected chi connectivity index (χ0v) is 12.9. The summed E-state index contributed by atoms with van der Waals surface area (Å²) in [5.74, 6) is 0. The number of nitriles is 1. The Morgan fingerprint density at radius 1 is 1.20 bits per heavy atom. The van der Waals surface area contributed by atoms with Gasteiger partial charge in [-0.1, -0.05) is 12.1 Å². The molecule has 0 spiro atoms. The Bertz CT molecular complexity index is 479. The molecular formula is C17H25N3. The summed E-state index contributed by atoms with van der Waals surface area (Å²) in [4.78, 5) is 4.93. The topological polar surface area (TPSA) is 30.3 Å². The van der Waals surface area contributed by atoms with Gasteiger partial charge in [-0.05, 0) is 51.4 Å². The van der Waals surface area contributed by atoms with Crippen LogP contribution in [0.25, 0.3) is 0 Å². The highest BCUT2D eigenvalue weighted by atomic mass is 15.3. The number of piperazine rings is 1. The fraction of sp³-hybridized carbons (Fsp3) is 0.588. The molecule has 0 amide bonds. The van der Waals surface area contributed by atoms with Crippen molar-refractivity contribution in [3.05, 3.63) is 29.8 Å². The normalized spacial score (nSPS) is 17.0. The SMILES string of the molecule is Cc1cccc(N2CCN(CCC(C)(C)C#N)CC2)c1. The van der Waals surface area contributed by atoms with Gasteiger partial charge >= 0.3 is 0 Å². The van der Waals surface area contributed by atoms with Gasteiger partial charge in [-0.25, -0.2) is 0 Å². The van der Waals surface area contributed by atoms with E-state index in [1.807, 2.05) is 13.8 Å². The summed E-state index contributed by atoms with van der Waals surface area (Å²) < 4.78 is 0. The molecule has 0 bridgehead atoms. The molecule has 1 aliphatic heterocycles. The van der Waals surface area contributed by atoms with Crippen LogP contribution in [-0.2, 0) is 0 Å². The van der Waals surface area contributed by atoms with Crippen molar-refractivity contribution in [2.75, 3.05) is 37.6 Å². The van der Waals surface area contributed by atoms with E-state index in [0.29, 0.717) is 0 Å². The summed E-state index contributed by atoms with van der Waals surface area (Å²) in [6.07, 6.45) is 0.952. The van der Waals surface area contributed by atoms with Crippen LogP contribution >= 0.6 is 0 Å². The molecule has 0 N–H and O–H groups in total. The highest BCUT2D eigenvalue weighted by Crippen LogP contribution is 2.21. The Morgan fingerprint density at radius 2 is 1.90 bits per heavy atom. The molecule has 0 aliphatic carbocycles. The van der Waals surface area contributed by atoms with Crippen LogP contribution in [0.15, 0.2) is 24.3 Å². The smallest absolute Gasteiger partial charge is 0.0684 e. The molecule has 1 saturated heterocycles. The molecule has 1 aliphatic rings. The number of nitrogens with zero attached hydrogens (tertiary/aromatic N) is 3. The van der Waals surface area contributed by atoms with Crippen LogP contribution in [0, 0.1) is 23.7 Å². The summed E-state index contributed by atoms with van der Waals surface area (Å²) in [5, 5.41) is 9.06. The number of hydrogen-bond donors (Lipinski definition) is 0. The van der Waals surface area contributed by atoms with Gasteiger partial charge in [0.15, 0.2) is 0 Å².